The smallest absolute Gasteiger partial charge is 0.0274 e. The summed E-state index contributed by atoms with van der Waals surface area (Å²) >= 11 is 0. The molecule has 1 aromatic rings. The fourth-order valence-corrected chi connectivity index (χ4v) is 1.80. The molecule has 0 N–H and O–H groups in total. The van der Waals surface area contributed by atoms with Crippen molar-refractivity contribution in [1.29, 1.82) is 0 Å². The zero-order chi connectivity index (χ0) is 7.40. The average Bonchev–Trinajstić information content (AvgIpc) is 2.05. The van der Waals surface area contributed by atoms with Crippen LogP contribution in [0.3, 0.4) is 0 Å². The second-order valence-electron chi connectivity index (χ2n) is 2.08. The van der Waals surface area contributed by atoms with Gasteiger partial charge in [0, 0.05) is 0 Å². The Morgan fingerprint density at radius 1 is 0.800 bits per heavy atom. The van der Waals surface area contributed by atoms with Crippen molar-refractivity contribution in [3.05, 3.63) is 24.3 Å². The Kier molecular flexibility index (Phi) is 3.32. The minimum Gasteiger partial charge on any atom is -0.0936 e. The molecular formula is C8H12P2. The molecule has 54 valence electrons. The van der Waals surface area contributed by atoms with E-state index in [0.717, 1.165) is 17.2 Å². The van der Waals surface area contributed by atoms with Gasteiger partial charge in [0.15, 0.2) is 0 Å². The summed E-state index contributed by atoms with van der Waals surface area (Å²) in [5.74, 6) is 0. The van der Waals surface area contributed by atoms with Gasteiger partial charge in [0.25, 0.3) is 0 Å². The molecule has 0 fully saturated rings. The van der Waals surface area contributed by atoms with Crippen LogP contribution in [-0.4, -0.2) is 13.3 Å². The molecule has 1 aromatic carbocycles. The highest BCUT2D eigenvalue weighted by atomic mass is 31.1. The van der Waals surface area contributed by atoms with Crippen LogP contribution in [-0.2, 0) is 0 Å². The molecule has 0 aliphatic heterocycles. The molecule has 0 radical (unpaired) electrons. The molecule has 2 heteroatoms. The molecule has 10 heavy (non-hydrogen) atoms. The Morgan fingerprint density at radius 2 is 1.10 bits per heavy atom. The summed E-state index contributed by atoms with van der Waals surface area (Å²) in [6.45, 7) is 4.42. The van der Waals surface area contributed by atoms with Crippen LogP contribution < -0.4 is 10.6 Å². The summed E-state index contributed by atoms with van der Waals surface area (Å²) in [6, 6.07) is 8.91. The van der Waals surface area contributed by atoms with Crippen LogP contribution in [0.1, 0.15) is 0 Å². The fourth-order valence-electron chi connectivity index (χ4n) is 0.804. The lowest BCUT2D eigenvalue weighted by molar-refractivity contribution is 1.85. The van der Waals surface area contributed by atoms with Crippen LogP contribution in [0.5, 0.6) is 0 Å². The maximum Gasteiger partial charge on any atom is -0.0274 e. The van der Waals surface area contributed by atoms with Crippen molar-refractivity contribution < 1.29 is 0 Å². The van der Waals surface area contributed by atoms with Crippen LogP contribution in [0.25, 0.3) is 0 Å². The molecular weight excluding hydrogens is 158 g/mol. The van der Waals surface area contributed by atoms with E-state index in [9.17, 15) is 0 Å². The van der Waals surface area contributed by atoms with Crippen molar-refractivity contribution in [3.63, 3.8) is 0 Å². The first kappa shape index (κ1) is 8.18. The lowest BCUT2D eigenvalue weighted by Gasteiger charge is -1.97. The predicted molar refractivity (Wildman–Crippen MR) is 54.2 cm³/mol. The molecule has 2 atom stereocenters. The number of rotatable bonds is 2. The van der Waals surface area contributed by atoms with Crippen molar-refractivity contribution in [3.8, 4) is 0 Å². The third-order valence-corrected chi connectivity index (χ3v) is 3.28. The quantitative estimate of drug-likeness (QED) is 0.591. The monoisotopic (exact) mass is 170 g/mol. The molecule has 0 amide bonds. The van der Waals surface area contributed by atoms with Gasteiger partial charge >= 0.3 is 0 Å². The molecule has 0 aliphatic carbocycles. The van der Waals surface area contributed by atoms with Crippen molar-refractivity contribution in [2.24, 2.45) is 0 Å². The van der Waals surface area contributed by atoms with Gasteiger partial charge in [0.2, 0.25) is 0 Å². The van der Waals surface area contributed by atoms with Crippen LogP contribution in [0.15, 0.2) is 24.3 Å². The van der Waals surface area contributed by atoms with Gasteiger partial charge in [0.1, 0.15) is 0 Å². The van der Waals surface area contributed by atoms with Crippen molar-refractivity contribution >= 4 is 27.8 Å². The van der Waals surface area contributed by atoms with Gasteiger partial charge in [-0.3, -0.25) is 0 Å². The van der Waals surface area contributed by atoms with Crippen molar-refractivity contribution in [2.45, 2.75) is 0 Å². The van der Waals surface area contributed by atoms with E-state index in [1.54, 1.807) is 0 Å². The highest BCUT2D eigenvalue weighted by Gasteiger charge is 1.88. The zero-order valence-corrected chi connectivity index (χ0v) is 8.31. The SMILES string of the molecule is CPc1ccc(PC)cc1. The first-order chi connectivity index (χ1) is 4.86. The lowest BCUT2D eigenvalue weighted by atomic mass is 10.4. The summed E-state index contributed by atoms with van der Waals surface area (Å²) in [6.07, 6.45) is 0. The summed E-state index contributed by atoms with van der Waals surface area (Å²) < 4.78 is 0. The Bertz CT molecular complexity index is 168. The molecule has 0 heterocycles. The molecule has 2 unspecified atom stereocenters. The van der Waals surface area contributed by atoms with Gasteiger partial charge in [-0.15, -0.1) is 0 Å². The van der Waals surface area contributed by atoms with Crippen LogP contribution >= 0.6 is 17.2 Å². The van der Waals surface area contributed by atoms with E-state index in [-0.39, 0.29) is 0 Å². The van der Waals surface area contributed by atoms with Gasteiger partial charge < -0.3 is 0 Å². The average molecular weight is 170 g/mol. The van der Waals surface area contributed by atoms with Crippen LogP contribution in [0, 0.1) is 0 Å². The van der Waals surface area contributed by atoms with Gasteiger partial charge in [-0.05, 0) is 23.9 Å². The predicted octanol–water partition coefficient (Wildman–Crippen LogP) is 1.55. The largest absolute Gasteiger partial charge is 0.0936 e. The van der Waals surface area contributed by atoms with Gasteiger partial charge in [-0.2, -0.15) is 0 Å². The Balaban J connectivity index is 2.80. The fraction of sp³-hybridized carbons (Fsp3) is 0.250. The minimum atomic E-state index is 0.931. The number of hydrogen-bond donors (Lipinski definition) is 0. The minimum absolute atomic E-state index is 0.931. The van der Waals surface area contributed by atoms with E-state index in [1.165, 1.54) is 10.6 Å². The van der Waals surface area contributed by atoms with E-state index in [4.69, 9.17) is 0 Å². The van der Waals surface area contributed by atoms with Crippen molar-refractivity contribution in [2.75, 3.05) is 13.3 Å². The second kappa shape index (κ2) is 4.06. The first-order valence-corrected chi connectivity index (χ1v) is 6.32. The standard InChI is InChI=1S/C8H12P2/c1-9-7-3-5-8(10-2)6-4-7/h3-6,9-10H,1-2H3. The van der Waals surface area contributed by atoms with E-state index < -0.39 is 0 Å². The normalized spacial score (nSPS) is 12.2. The van der Waals surface area contributed by atoms with Gasteiger partial charge in [0.05, 0.1) is 0 Å². The van der Waals surface area contributed by atoms with E-state index >= 15 is 0 Å². The van der Waals surface area contributed by atoms with Crippen molar-refractivity contribution in [1.82, 2.24) is 0 Å². The maximum atomic E-state index is 2.23. The Morgan fingerprint density at radius 3 is 1.30 bits per heavy atom. The summed E-state index contributed by atoms with van der Waals surface area (Å²) in [7, 11) is 1.86. The van der Waals surface area contributed by atoms with Crippen LogP contribution in [0.2, 0.25) is 0 Å². The summed E-state index contributed by atoms with van der Waals surface area (Å²) in [4.78, 5) is 0. The molecule has 0 saturated heterocycles. The van der Waals surface area contributed by atoms with E-state index in [1.807, 2.05) is 0 Å². The Labute approximate surface area is 66.0 Å². The maximum absolute atomic E-state index is 2.23. The first-order valence-electron chi connectivity index (χ1n) is 3.32. The molecule has 0 bridgehead atoms. The highest BCUT2D eigenvalue weighted by molar-refractivity contribution is 7.47. The molecule has 0 nitrogen and oxygen atoms in total. The molecule has 0 aliphatic rings. The lowest BCUT2D eigenvalue weighted by Crippen LogP contribution is -1.98. The summed E-state index contributed by atoms with van der Waals surface area (Å²) in [5, 5.41) is 2.92. The summed E-state index contributed by atoms with van der Waals surface area (Å²) in [5.41, 5.74) is 0. The zero-order valence-electron chi connectivity index (χ0n) is 6.31. The number of benzene rings is 1. The van der Waals surface area contributed by atoms with E-state index in [2.05, 4.69) is 37.6 Å². The third-order valence-electron chi connectivity index (χ3n) is 1.46. The van der Waals surface area contributed by atoms with Gasteiger partial charge in [-0.1, -0.05) is 41.4 Å². The molecule has 0 spiro atoms. The highest BCUT2D eigenvalue weighted by Crippen LogP contribution is 2.05. The van der Waals surface area contributed by atoms with Gasteiger partial charge in [-0.25, -0.2) is 0 Å². The molecule has 0 aromatic heterocycles. The third kappa shape index (κ3) is 2.04. The molecule has 0 saturated carbocycles. The molecule has 1 rings (SSSR count). The second-order valence-corrected chi connectivity index (χ2v) is 4.23. The number of hydrogen-bond acceptors (Lipinski definition) is 0. The van der Waals surface area contributed by atoms with E-state index in [0.29, 0.717) is 0 Å². The van der Waals surface area contributed by atoms with Crippen LogP contribution in [0.4, 0.5) is 0 Å². The Hall–Kier alpha value is 0.0800. The topological polar surface area (TPSA) is 0 Å².